The maximum Gasteiger partial charge on any atom is 0.247 e. The van der Waals surface area contributed by atoms with Gasteiger partial charge in [-0.3, -0.25) is 0 Å². The summed E-state index contributed by atoms with van der Waals surface area (Å²) in [4.78, 5) is 1.97. The van der Waals surface area contributed by atoms with Crippen LogP contribution >= 0.6 is 0 Å². The Bertz CT molecular complexity index is 232. The maximum absolute atomic E-state index is 8.84. The molecule has 1 aromatic heterocycles. The van der Waals surface area contributed by atoms with Crippen LogP contribution in [0.5, 0.6) is 0 Å². The topological polar surface area (TPSA) is 67.1 Å². The molecule has 0 aromatic carbocycles. The average Bonchev–Trinajstić information content (AvgIpc) is 2.55. The van der Waals surface area contributed by atoms with Gasteiger partial charge in [-0.1, -0.05) is 5.10 Å². The fourth-order valence-corrected chi connectivity index (χ4v) is 1.02. The molecule has 0 atom stereocenters. The van der Waals surface area contributed by atoms with E-state index >= 15 is 0 Å². The van der Waals surface area contributed by atoms with Crippen molar-refractivity contribution in [2.75, 3.05) is 18.0 Å². The van der Waals surface area contributed by atoms with E-state index in [-0.39, 0.29) is 6.73 Å². The maximum atomic E-state index is 8.84. The van der Waals surface area contributed by atoms with Crippen LogP contribution < -0.4 is 4.90 Å². The predicted molar refractivity (Wildman–Crippen MR) is 43.6 cm³/mol. The van der Waals surface area contributed by atoms with Gasteiger partial charge in [0.15, 0.2) is 0 Å². The van der Waals surface area contributed by atoms with Gasteiger partial charge < -0.3 is 10.0 Å². The van der Waals surface area contributed by atoms with Gasteiger partial charge in [-0.15, -0.1) is 0 Å². The zero-order valence-electron chi connectivity index (χ0n) is 7.30. The van der Waals surface area contributed by atoms with E-state index in [0.717, 1.165) is 13.1 Å². The Labute approximate surface area is 70.8 Å². The molecule has 0 unspecified atom stereocenters. The summed E-state index contributed by atoms with van der Waals surface area (Å²) < 4.78 is 1.35. The average molecular weight is 171 g/mol. The van der Waals surface area contributed by atoms with Crippen molar-refractivity contribution in [2.24, 2.45) is 0 Å². The molecule has 1 aromatic rings. The van der Waals surface area contributed by atoms with Gasteiger partial charge in [0.1, 0.15) is 6.73 Å². The molecule has 0 aliphatic rings. The van der Waals surface area contributed by atoms with Crippen molar-refractivity contribution >= 4 is 5.95 Å². The molecule has 0 aliphatic carbocycles. The molecule has 0 spiro atoms. The van der Waals surface area contributed by atoms with Gasteiger partial charge in [0.05, 0.1) is 0 Å². The van der Waals surface area contributed by atoms with Crippen LogP contribution in [0, 0.1) is 0 Å². The van der Waals surface area contributed by atoms with E-state index in [4.69, 9.17) is 5.11 Å². The van der Waals surface area contributed by atoms with E-state index < -0.39 is 0 Å². The van der Waals surface area contributed by atoms with E-state index in [1.165, 1.54) is 4.68 Å². The van der Waals surface area contributed by atoms with Gasteiger partial charge in [0.25, 0.3) is 0 Å². The van der Waals surface area contributed by atoms with Gasteiger partial charge in [0, 0.05) is 13.1 Å². The Balaban J connectivity index is 2.83. The Hall–Kier alpha value is -1.17. The van der Waals surface area contributed by atoms with E-state index in [9.17, 15) is 0 Å². The van der Waals surface area contributed by atoms with Crippen LogP contribution in [0.2, 0.25) is 0 Å². The number of anilines is 1. The quantitative estimate of drug-likeness (QED) is 0.659. The lowest BCUT2D eigenvalue weighted by atomic mass is 10.5. The molecule has 0 saturated heterocycles. The van der Waals surface area contributed by atoms with Gasteiger partial charge in [-0.2, -0.15) is 4.68 Å². The molecule has 0 aliphatic heterocycles. The minimum Gasteiger partial charge on any atom is -0.374 e. The van der Waals surface area contributed by atoms with Crippen molar-refractivity contribution in [2.45, 2.75) is 20.6 Å². The zero-order valence-corrected chi connectivity index (χ0v) is 7.30. The van der Waals surface area contributed by atoms with Gasteiger partial charge >= 0.3 is 0 Å². The number of tetrazole rings is 1. The minimum absolute atomic E-state index is 0.182. The van der Waals surface area contributed by atoms with Gasteiger partial charge in [0.2, 0.25) is 5.95 Å². The van der Waals surface area contributed by atoms with Crippen LogP contribution in [0.25, 0.3) is 0 Å². The molecule has 0 saturated carbocycles. The van der Waals surface area contributed by atoms with Crippen LogP contribution in [0.4, 0.5) is 5.95 Å². The highest BCUT2D eigenvalue weighted by atomic mass is 16.3. The second-order valence-corrected chi connectivity index (χ2v) is 2.29. The van der Waals surface area contributed by atoms with E-state index in [1.807, 2.05) is 18.7 Å². The van der Waals surface area contributed by atoms with E-state index in [2.05, 4.69) is 15.5 Å². The van der Waals surface area contributed by atoms with Crippen molar-refractivity contribution < 1.29 is 5.11 Å². The first-order valence-electron chi connectivity index (χ1n) is 3.95. The second kappa shape index (κ2) is 4.01. The van der Waals surface area contributed by atoms with E-state index in [1.54, 1.807) is 0 Å². The Morgan fingerprint density at radius 2 is 2.08 bits per heavy atom. The number of aliphatic hydroxyl groups excluding tert-OH is 1. The van der Waals surface area contributed by atoms with Crippen molar-refractivity contribution in [3.8, 4) is 0 Å². The number of aromatic nitrogens is 4. The van der Waals surface area contributed by atoms with Crippen LogP contribution in [0.15, 0.2) is 0 Å². The molecule has 6 heteroatoms. The number of hydrogen-bond acceptors (Lipinski definition) is 5. The van der Waals surface area contributed by atoms with Crippen LogP contribution in [-0.2, 0) is 6.73 Å². The van der Waals surface area contributed by atoms with Crippen molar-refractivity contribution in [1.82, 2.24) is 20.2 Å². The molecule has 0 amide bonds. The molecule has 0 bridgehead atoms. The summed E-state index contributed by atoms with van der Waals surface area (Å²) in [7, 11) is 0. The Morgan fingerprint density at radius 1 is 1.42 bits per heavy atom. The SMILES string of the molecule is CCN(CC)c1nnnn1CO. The smallest absolute Gasteiger partial charge is 0.247 e. The Morgan fingerprint density at radius 3 is 2.58 bits per heavy atom. The summed E-state index contributed by atoms with van der Waals surface area (Å²) in [6, 6.07) is 0. The third-order valence-electron chi connectivity index (χ3n) is 1.69. The normalized spacial score (nSPS) is 10.2. The van der Waals surface area contributed by atoms with Crippen molar-refractivity contribution in [3.05, 3.63) is 0 Å². The molecule has 6 nitrogen and oxygen atoms in total. The summed E-state index contributed by atoms with van der Waals surface area (Å²) >= 11 is 0. The highest BCUT2D eigenvalue weighted by Crippen LogP contribution is 2.05. The number of nitrogens with zero attached hydrogens (tertiary/aromatic N) is 5. The lowest BCUT2D eigenvalue weighted by molar-refractivity contribution is 0.193. The second-order valence-electron chi connectivity index (χ2n) is 2.29. The predicted octanol–water partition coefficient (Wildman–Crippen LogP) is -0.531. The molecule has 68 valence electrons. The molecule has 1 N–H and O–H groups in total. The van der Waals surface area contributed by atoms with E-state index in [0.29, 0.717) is 5.95 Å². The summed E-state index contributed by atoms with van der Waals surface area (Å²) in [5.41, 5.74) is 0. The first-order valence-corrected chi connectivity index (χ1v) is 3.95. The van der Waals surface area contributed by atoms with Gasteiger partial charge in [-0.05, 0) is 24.3 Å². The summed E-state index contributed by atoms with van der Waals surface area (Å²) in [6.07, 6.45) is 0. The summed E-state index contributed by atoms with van der Waals surface area (Å²) in [6.45, 7) is 5.51. The molecule has 0 fully saturated rings. The molecular weight excluding hydrogens is 158 g/mol. The number of hydrogen-bond donors (Lipinski definition) is 1. The first kappa shape index (κ1) is 8.92. The van der Waals surface area contributed by atoms with Gasteiger partial charge in [-0.25, -0.2) is 0 Å². The minimum atomic E-state index is -0.182. The standard InChI is InChI=1S/C6H13N5O/c1-3-10(4-2)6-7-8-9-11(6)5-12/h12H,3-5H2,1-2H3. The molecule has 1 heterocycles. The molecule has 0 radical (unpaired) electrons. The fraction of sp³-hybridized carbons (Fsp3) is 0.833. The van der Waals surface area contributed by atoms with Crippen molar-refractivity contribution in [3.63, 3.8) is 0 Å². The largest absolute Gasteiger partial charge is 0.374 e. The summed E-state index contributed by atoms with van der Waals surface area (Å²) in [5, 5.41) is 19.7. The van der Waals surface area contributed by atoms with Crippen molar-refractivity contribution in [1.29, 1.82) is 0 Å². The fourth-order valence-electron chi connectivity index (χ4n) is 1.02. The lowest BCUT2D eigenvalue weighted by Crippen LogP contribution is -2.25. The van der Waals surface area contributed by atoms with Crippen LogP contribution in [0.1, 0.15) is 13.8 Å². The first-order chi connectivity index (χ1) is 5.83. The molecule has 12 heavy (non-hydrogen) atoms. The third-order valence-corrected chi connectivity index (χ3v) is 1.69. The molecular formula is C6H13N5O. The highest BCUT2D eigenvalue weighted by molar-refractivity contribution is 5.26. The number of rotatable bonds is 4. The van der Waals surface area contributed by atoms with Crippen LogP contribution in [-0.4, -0.2) is 38.4 Å². The third kappa shape index (κ3) is 1.53. The lowest BCUT2D eigenvalue weighted by Gasteiger charge is -2.17. The molecule has 1 rings (SSSR count). The van der Waals surface area contributed by atoms with Crippen LogP contribution in [0.3, 0.4) is 0 Å². The number of aliphatic hydroxyl groups is 1. The monoisotopic (exact) mass is 171 g/mol. The summed E-state index contributed by atoms with van der Waals surface area (Å²) in [5.74, 6) is 0.613. The zero-order chi connectivity index (χ0) is 8.97. The Kier molecular flexibility index (Phi) is 2.98. The highest BCUT2D eigenvalue weighted by Gasteiger charge is 2.09.